The van der Waals surface area contributed by atoms with Gasteiger partial charge in [0, 0.05) is 6.54 Å². The van der Waals surface area contributed by atoms with Gasteiger partial charge >= 0.3 is 0 Å². The summed E-state index contributed by atoms with van der Waals surface area (Å²) in [5, 5.41) is 12.1. The van der Waals surface area contributed by atoms with Crippen LogP contribution in [0.3, 0.4) is 0 Å². The van der Waals surface area contributed by atoms with Gasteiger partial charge in [0.05, 0.1) is 5.54 Å². The van der Waals surface area contributed by atoms with E-state index in [9.17, 15) is 9.90 Å². The minimum absolute atomic E-state index is 0.0222. The van der Waals surface area contributed by atoms with Gasteiger partial charge < -0.3 is 16.2 Å². The Morgan fingerprint density at radius 1 is 1.21 bits per heavy atom. The molecule has 4 nitrogen and oxygen atoms in total. The molecule has 0 aliphatic heterocycles. The van der Waals surface area contributed by atoms with Crippen LogP contribution in [-0.2, 0) is 11.2 Å². The first-order chi connectivity index (χ1) is 9.10. The quantitative estimate of drug-likeness (QED) is 0.773. The number of hydrogen-bond donors (Lipinski definition) is 3. The van der Waals surface area contributed by atoms with Crippen molar-refractivity contribution in [3.63, 3.8) is 0 Å². The highest BCUT2D eigenvalue weighted by Crippen LogP contribution is 2.25. The van der Waals surface area contributed by atoms with Gasteiger partial charge in [0.2, 0.25) is 5.91 Å². The zero-order valence-corrected chi connectivity index (χ0v) is 11.2. The molecule has 0 aromatic heterocycles. The van der Waals surface area contributed by atoms with Gasteiger partial charge in [0.25, 0.3) is 0 Å². The van der Waals surface area contributed by atoms with Gasteiger partial charge in [0.1, 0.15) is 5.75 Å². The van der Waals surface area contributed by atoms with Crippen molar-refractivity contribution in [3.05, 3.63) is 29.8 Å². The first-order valence-electron chi connectivity index (χ1n) is 6.95. The fourth-order valence-corrected chi connectivity index (χ4v) is 2.57. The molecule has 1 aliphatic rings. The minimum atomic E-state index is -0.660. The van der Waals surface area contributed by atoms with E-state index in [1.165, 1.54) is 6.42 Å². The summed E-state index contributed by atoms with van der Waals surface area (Å²) in [4.78, 5) is 12.1. The number of hydrogen-bond acceptors (Lipinski definition) is 3. The molecule has 4 heteroatoms. The molecule has 0 atom stereocenters. The van der Waals surface area contributed by atoms with Gasteiger partial charge in [-0.25, -0.2) is 0 Å². The molecule has 104 valence electrons. The molecule has 2 rings (SSSR count). The van der Waals surface area contributed by atoms with Crippen molar-refractivity contribution >= 4 is 5.91 Å². The molecule has 0 heterocycles. The van der Waals surface area contributed by atoms with Crippen LogP contribution in [0.25, 0.3) is 0 Å². The van der Waals surface area contributed by atoms with E-state index < -0.39 is 5.54 Å². The second-order valence-corrected chi connectivity index (χ2v) is 5.39. The van der Waals surface area contributed by atoms with Crippen LogP contribution < -0.4 is 11.1 Å². The van der Waals surface area contributed by atoms with Gasteiger partial charge in [-0.05, 0) is 37.0 Å². The van der Waals surface area contributed by atoms with Crippen molar-refractivity contribution in [1.82, 2.24) is 5.32 Å². The van der Waals surface area contributed by atoms with Gasteiger partial charge in [-0.3, -0.25) is 4.79 Å². The van der Waals surface area contributed by atoms with Crippen molar-refractivity contribution < 1.29 is 9.90 Å². The van der Waals surface area contributed by atoms with Crippen LogP contribution in [0.4, 0.5) is 0 Å². The van der Waals surface area contributed by atoms with Gasteiger partial charge in [0.15, 0.2) is 0 Å². The summed E-state index contributed by atoms with van der Waals surface area (Å²) in [6, 6.07) is 7.03. The number of amides is 1. The molecule has 4 N–H and O–H groups in total. The van der Waals surface area contributed by atoms with Gasteiger partial charge in [-0.2, -0.15) is 0 Å². The number of carbonyl (C=O) groups is 1. The van der Waals surface area contributed by atoms with Crippen molar-refractivity contribution in [2.24, 2.45) is 5.73 Å². The summed E-state index contributed by atoms with van der Waals surface area (Å²) >= 11 is 0. The summed E-state index contributed by atoms with van der Waals surface area (Å²) in [6.45, 7) is 0.586. The maximum atomic E-state index is 12.1. The summed E-state index contributed by atoms with van der Waals surface area (Å²) < 4.78 is 0. The van der Waals surface area contributed by atoms with Crippen molar-refractivity contribution in [3.8, 4) is 5.75 Å². The lowest BCUT2D eigenvalue weighted by Crippen LogP contribution is -2.55. The van der Waals surface area contributed by atoms with E-state index in [0.29, 0.717) is 6.54 Å². The molecule has 1 aromatic carbocycles. The lowest BCUT2D eigenvalue weighted by Gasteiger charge is -2.31. The average Bonchev–Trinajstić information content (AvgIpc) is 2.42. The fourth-order valence-electron chi connectivity index (χ4n) is 2.57. The number of nitrogens with two attached hydrogens (primary N) is 1. The molecule has 1 fully saturated rings. The second-order valence-electron chi connectivity index (χ2n) is 5.39. The van der Waals surface area contributed by atoms with E-state index in [1.54, 1.807) is 12.1 Å². The van der Waals surface area contributed by atoms with Crippen LogP contribution >= 0.6 is 0 Å². The number of aromatic hydroxyl groups is 1. The molecule has 19 heavy (non-hydrogen) atoms. The Bertz CT molecular complexity index is 422. The lowest BCUT2D eigenvalue weighted by atomic mass is 9.82. The third-order valence-electron chi connectivity index (χ3n) is 3.83. The predicted octanol–water partition coefficient (Wildman–Crippen LogP) is 1.71. The molecule has 1 saturated carbocycles. The lowest BCUT2D eigenvalue weighted by molar-refractivity contribution is -0.127. The van der Waals surface area contributed by atoms with Crippen LogP contribution in [0, 0.1) is 0 Å². The minimum Gasteiger partial charge on any atom is -0.508 e. The van der Waals surface area contributed by atoms with E-state index in [0.717, 1.165) is 37.7 Å². The third kappa shape index (κ3) is 3.70. The standard InChI is InChI=1S/C15H22N2O2/c16-15(9-2-1-3-10-15)14(19)17-11-8-12-4-6-13(18)7-5-12/h4-7,18H,1-3,8-11,16H2,(H,17,19). The average molecular weight is 262 g/mol. The van der Waals surface area contributed by atoms with Crippen molar-refractivity contribution in [2.75, 3.05) is 6.54 Å². The molecule has 0 saturated heterocycles. The Labute approximate surface area is 114 Å². The second kappa shape index (κ2) is 6.06. The Hall–Kier alpha value is -1.55. The zero-order chi connectivity index (χ0) is 13.7. The first-order valence-corrected chi connectivity index (χ1v) is 6.95. The van der Waals surface area contributed by atoms with Crippen molar-refractivity contribution in [2.45, 2.75) is 44.1 Å². The Morgan fingerprint density at radius 3 is 2.47 bits per heavy atom. The number of nitrogens with one attached hydrogen (secondary N) is 1. The molecule has 1 aliphatic carbocycles. The molecule has 0 spiro atoms. The van der Waals surface area contributed by atoms with Crippen LogP contribution in [0.5, 0.6) is 5.75 Å². The number of carbonyl (C=O) groups excluding carboxylic acids is 1. The Balaban J connectivity index is 1.78. The maximum Gasteiger partial charge on any atom is 0.240 e. The van der Waals surface area contributed by atoms with E-state index in [-0.39, 0.29) is 11.7 Å². The molecule has 0 unspecified atom stereocenters. The highest BCUT2D eigenvalue weighted by molar-refractivity contribution is 5.86. The number of benzene rings is 1. The summed E-state index contributed by atoms with van der Waals surface area (Å²) in [7, 11) is 0. The first kappa shape index (κ1) is 13.9. The third-order valence-corrected chi connectivity index (χ3v) is 3.83. The van der Waals surface area contributed by atoms with Crippen molar-refractivity contribution in [1.29, 1.82) is 0 Å². The number of phenols is 1. The summed E-state index contributed by atoms with van der Waals surface area (Å²) in [5.41, 5.74) is 6.59. The fraction of sp³-hybridized carbons (Fsp3) is 0.533. The molecule has 0 bridgehead atoms. The summed E-state index contributed by atoms with van der Waals surface area (Å²) in [6.07, 6.45) is 5.60. The van der Waals surface area contributed by atoms with Crippen LogP contribution in [0.15, 0.2) is 24.3 Å². The predicted molar refractivity (Wildman–Crippen MR) is 74.8 cm³/mol. The van der Waals surface area contributed by atoms with E-state index in [1.807, 2.05) is 12.1 Å². The van der Waals surface area contributed by atoms with Crippen LogP contribution in [-0.4, -0.2) is 23.1 Å². The highest BCUT2D eigenvalue weighted by atomic mass is 16.3. The van der Waals surface area contributed by atoms with Gasteiger partial charge in [-0.15, -0.1) is 0 Å². The van der Waals surface area contributed by atoms with Crippen LogP contribution in [0.2, 0.25) is 0 Å². The summed E-state index contributed by atoms with van der Waals surface area (Å²) in [5.74, 6) is 0.238. The number of rotatable bonds is 4. The topological polar surface area (TPSA) is 75.4 Å². The number of phenolic OH excluding ortho intramolecular Hbond substituents is 1. The molecule has 1 amide bonds. The largest absolute Gasteiger partial charge is 0.508 e. The SMILES string of the molecule is NC1(C(=O)NCCc2ccc(O)cc2)CCCCC1. The van der Waals surface area contributed by atoms with E-state index in [2.05, 4.69) is 5.32 Å². The maximum absolute atomic E-state index is 12.1. The monoisotopic (exact) mass is 262 g/mol. The highest BCUT2D eigenvalue weighted by Gasteiger charge is 2.34. The molecular formula is C15H22N2O2. The zero-order valence-electron chi connectivity index (χ0n) is 11.2. The molecule has 1 aromatic rings. The van der Waals surface area contributed by atoms with E-state index in [4.69, 9.17) is 5.73 Å². The molecule has 0 radical (unpaired) electrons. The Morgan fingerprint density at radius 2 is 1.84 bits per heavy atom. The normalized spacial score (nSPS) is 17.9. The Kier molecular flexibility index (Phi) is 4.43. The molecular weight excluding hydrogens is 240 g/mol. The van der Waals surface area contributed by atoms with E-state index >= 15 is 0 Å². The van der Waals surface area contributed by atoms with Gasteiger partial charge in [-0.1, -0.05) is 31.4 Å². The smallest absolute Gasteiger partial charge is 0.240 e. The van der Waals surface area contributed by atoms with Crippen LogP contribution in [0.1, 0.15) is 37.7 Å².